The van der Waals surface area contributed by atoms with Crippen LogP contribution < -0.4 is 4.72 Å². The minimum atomic E-state index is -3.72. The summed E-state index contributed by atoms with van der Waals surface area (Å²) in [7, 11) is -3.72. The fourth-order valence-electron chi connectivity index (χ4n) is 3.57. The normalized spacial score (nSPS) is 15.2. The van der Waals surface area contributed by atoms with Gasteiger partial charge < -0.3 is 0 Å². The van der Waals surface area contributed by atoms with Crippen LogP contribution in [0.2, 0.25) is 5.02 Å². The van der Waals surface area contributed by atoms with Crippen LogP contribution in [0.1, 0.15) is 37.4 Å². The van der Waals surface area contributed by atoms with Gasteiger partial charge in [0, 0.05) is 6.20 Å². The first-order chi connectivity index (χ1) is 13.5. The number of hydrogen-bond donors (Lipinski definition) is 1. The number of benzene rings is 1. The molecule has 2 aromatic heterocycles. The van der Waals surface area contributed by atoms with Crippen molar-refractivity contribution in [3.8, 4) is 11.4 Å². The Morgan fingerprint density at radius 3 is 2.57 bits per heavy atom. The molecule has 0 aliphatic heterocycles. The molecule has 0 atom stereocenters. The van der Waals surface area contributed by atoms with Gasteiger partial charge in [-0.05, 0) is 43.2 Å². The average molecular weight is 417 g/mol. The summed E-state index contributed by atoms with van der Waals surface area (Å²) in [6.07, 6.45) is 6.26. The van der Waals surface area contributed by atoms with Gasteiger partial charge in [0.15, 0.2) is 0 Å². The molecule has 1 aliphatic rings. The van der Waals surface area contributed by atoms with Gasteiger partial charge in [0.25, 0.3) is 0 Å². The highest BCUT2D eigenvalue weighted by molar-refractivity contribution is 7.89. The Kier molecular flexibility index (Phi) is 5.48. The van der Waals surface area contributed by atoms with Crippen molar-refractivity contribution in [1.29, 1.82) is 0 Å². The van der Waals surface area contributed by atoms with Crippen LogP contribution in [0, 0.1) is 0 Å². The lowest BCUT2D eigenvalue weighted by Crippen LogP contribution is -2.24. The van der Waals surface area contributed by atoms with Crippen molar-refractivity contribution in [1.82, 2.24) is 19.5 Å². The van der Waals surface area contributed by atoms with E-state index >= 15 is 0 Å². The maximum absolute atomic E-state index is 12.6. The predicted molar refractivity (Wildman–Crippen MR) is 108 cm³/mol. The Morgan fingerprint density at radius 1 is 1.11 bits per heavy atom. The number of halogens is 1. The van der Waals surface area contributed by atoms with Gasteiger partial charge in [-0.3, -0.25) is 9.67 Å². The third kappa shape index (κ3) is 3.97. The summed E-state index contributed by atoms with van der Waals surface area (Å²) in [5, 5.41) is 4.90. The minimum Gasteiger partial charge on any atom is -0.260 e. The van der Waals surface area contributed by atoms with E-state index in [9.17, 15) is 8.42 Å². The number of nitrogens with zero attached hydrogens (tertiary/aromatic N) is 3. The Hall–Kier alpha value is -2.22. The molecule has 0 unspecified atom stereocenters. The molecule has 1 aliphatic carbocycles. The Balaban J connectivity index is 1.61. The first-order valence-corrected chi connectivity index (χ1v) is 11.1. The largest absolute Gasteiger partial charge is 0.260 e. The van der Waals surface area contributed by atoms with Gasteiger partial charge in [-0.1, -0.05) is 42.6 Å². The molecule has 0 amide bonds. The third-order valence-corrected chi connectivity index (χ3v) is 6.85. The summed E-state index contributed by atoms with van der Waals surface area (Å²) in [4.78, 5) is 4.51. The standard InChI is InChI=1S/C20H21ClN4O2S/c21-17-9-3-4-11-20(17)28(26,27)23-14-15-13-19(18-10-5-6-12-22-18)25(24-15)16-7-1-2-8-16/h3-6,9-13,16,23H,1-2,7-8,14H2. The fourth-order valence-corrected chi connectivity index (χ4v) is 5.09. The zero-order chi connectivity index (χ0) is 19.6. The molecule has 0 bridgehead atoms. The van der Waals surface area contributed by atoms with E-state index in [1.807, 2.05) is 28.9 Å². The number of pyridine rings is 1. The lowest BCUT2D eigenvalue weighted by molar-refractivity contribution is 0.466. The van der Waals surface area contributed by atoms with Crippen LogP contribution in [0.15, 0.2) is 59.6 Å². The molecule has 0 saturated heterocycles. The van der Waals surface area contributed by atoms with Crippen LogP contribution in [0.3, 0.4) is 0 Å². The molecular weight excluding hydrogens is 396 g/mol. The highest BCUT2D eigenvalue weighted by atomic mass is 35.5. The van der Waals surface area contributed by atoms with Gasteiger partial charge in [0.1, 0.15) is 4.90 Å². The second-order valence-electron chi connectivity index (χ2n) is 6.87. The van der Waals surface area contributed by atoms with E-state index in [2.05, 4.69) is 9.71 Å². The summed E-state index contributed by atoms with van der Waals surface area (Å²) < 4.78 is 29.8. The summed E-state index contributed by atoms with van der Waals surface area (Å²) in [5.74, 6) is 0. The first-order valence-electron chi connectivity index (χ1n) is 9.28. The maximum Gasteiger partial charge on any atom is 0.242 e. The van der Waals surface area contributed by atoms with Crippen LogP contribution in [0.4, 0.5) is 0 Å². The summed E-state index contributed by atoms with van der Waals surface area (Å²) >= 11 is 6.04. The second kappa shape index (κ2) is 8.03. The van der Waals surface area contributed by atoms with Crippen molar-refractivity contribution >= 4 is 21.6 Å². The second-order valence-corrected chi connectivity index (χ2v) is 9.02. The molecule has 3 aromatic rings. The van der Waals surface area contributed by atoms with Crippen LogP contribution in [-0.2, 0) is 16.6 Å². The highest BCUT2D eigenvalue weighted by Gasteiger charge is 2.23. The zero-order valence-corrected chi connectivity index (χ0v) is 16.8. The molecule has 2 heterocycles. The molecule has 8 heteroatoms. The summed E-state index contributed by atoms with van der Waals surface area (Å²) in [6, 6.07) is 14.4. The van der Waals surface area contributed by atoms with E-state index in [0.717, 1.165) is 24.2 Å². The van der Waals surface area contributed by atoms with E-state index in [4.69, 9.17) is 16.7 Å². The van der Waals surface area contributed by atoms with Gasteiger partial charge in [0.05, 0.1) is 34.7 Å². The summed E-state index contributed by atoms with van der Waals surface area (Å²) in [5.41, 5.74) is 2.41. The highest BCUT2D eigenvalue weighted by Crippen LogP contribution is 2.33. The van der Waals surface area contributed by atoms with E-state index < -0.39 is 10.0 Å². The minimum absolute atomic E-state index is 0.0665. The molecule has 0 spiro atoms. The molecule has 1 saturated carbocycles. The topological polar surface area (TPSA) is 76.9 Å². The predicted octanol–water partition coefficient (Wildman–Crippen LogP) is 4.19. The van der Waals surface area contributed by atoms with Crippen molar-refractivity contribution in [2.45, 2.75) is 43.2 Å². The van der Waals surface area contributed by atoms with Crippen LogP contribution in [-0.4, -0.2) is 23.2 Å². The lowest BCUT2D eigenvalue weighted by Gasteiger charge is -2.13. The summed E-state index contributed by atoms with van der Waals surface area (Å²) in [6.45, 7) is 0.0904. The molecule has 1 aromatic carbocycles. The number of hydrogen-bond acceptors (Lipinski definition) is 4. The quantitative estimate of drug-likeness (QED) is 0.653. The Labute approximate surface area is 169 Å². The van der Waals surface area contributed by atoms with E-state index in [0.29, 0.717) is 11.7 Å². The van der Waals surface area contributed by atoms with Gasteiger partial charge in [-0.2, -0.15) is 5.10 Å². The first kappa shape index (κ1) is 19.1. The van der Waals surface area contributed by atoms with E-state index in [1.165, 1.54) is 18.9 Å². The zero-order valence-electron chi connectivity index (χ0n) is 15.3. The SMILES string of the molecule is O=S(=O)(NCc1cc(-c2ccccn2)n(C2CCCC2)n1)c1ccccc1Cl. The molecule has 28 heavy (non-hydrogen) atoms. The van der Waals surface area contributed by atoms with Gasteiger partial charge in [0.2, 0.25) is 10.0 Å². The monoisotopic (exact) mass is 416 g/mol. The number of aromatic nitrogens is 3. The molecule has 4 rings (SSSR count). The Morgan fingerprint density at radius 2 is 1.86 bits per heavy atom. The number of nitrogens with one attached hydrogen (secondary N) is 1. The van der Waals surface area contributed by atoms with E-state index in [1.54, 1.807) is 24.4 Å². The van der Waals surface area contributed by atoms with Crippen molar-refractivity contribution in [2.24, 2.45) is 0 Å². The Bertz CT molecular complexity index is 1060. The maximum atomic E-state index is 12.6. The smallest absolute Gasteiger partial charge is 0.242 e. The van der Waals surface area contributed by atoms with Crippen LogP contribution in [0.5, 0.6) is 0 Å². The van der Waals surface area contributed by atoms with Gasteiger partial charge in [-0.15, -0.1) is 0 Å². The van der Waals surface area contributed by atoms with Crippen LogP contribution in [0.25, 0.3) is 11.4 Å². The molecular formula is C20H21ClN4O2S. The number of sulfonamides is 1. The van der Waals surface area contributed by atoms with Gasteiger partial charge >= 0.3 is 0 Å². The number of rotatable bonds is 6. The third-order valence-electron chi connectivity index (χ3n) is 4.95. The van der Waals surface area contributed by atoms with E-state index in [-0.39, 0.29) is 16.5 Å². The van der Waals surface area contributed by atoms with Crippen molar-refractivity contribution < 1.29 is 8.42 Å². The van der Waals surface area contributed by atoms with Gasteiger partial charge in [-0.25, -0.2) is 13.1 Å². The molecule has 1 fully saturated rings. The fraction of sp³-hybridized carbons (Fsp3) is 0.300. The molecule has 146 valence electrons. The van der Waals surface area contributed by atoms with Crippen molar-refractivity contribution in [2.75, 3.05) is 0 Å². The average Bonchev–Trinajstić information content (AvgIpc) is 3.37. The van der Waals surface area contributed by atoms with Crippen LogP contribution >= 0.6 is 11.6 Å². The molecule has 1 N–H and O–H groups in total. The molecule has 6 nitrogen and oxygen atoms in total. The lowest BCUT2D eigenvalue weighted by atomic mass is 10.2. The molecule has 0 radical (unpaired) electrons. The van der Waals surface area contributed by atoms with Crippen molar-refractivity contribution in [3.05, 3.63) is 65.4 Å². The van der Waals surface area contributed by atoms with Crippen molar-refractivity contribution in [3.63, 3.8) is 0 Å².